The summed E-state index contributed by atoms with van der Waals surface area (Å²) >= 11 is 0. The third-order valence-corrected chi connectivity index (χ3v) is 4.76. The summed E-state index contributed by atoms with van der Waals surface area (Å²) in [5.41, 5.74) is 2.06. The minimum Gasteiger partial charge on any atom is -0.379 e. The molecule has 0 aliphatic carbocycles. The van der Waals surface area contributed by atoms with E-state index in [0.717, 1.165) is 51.4 Å². The van der Waals surface area contributed by atoms with Crippen molar-refractivity contribution in [1.82, 2.24) is 10.2 Å². The Labute approximate surface area is 143 Å². The van der Waals surface area contributed by atoms with Crippen molar-refractivity contribution in [3.05, 3.63) is 29.8 Å². The summed E-state index contributed by atoms with van der Waals surface area (Å²) < 4.78 is 10.9. The summed E-state index contributed by atoms with van der Waals surface area (Å²) in [6, 6.07) is 8.25. The maximum Gasteiger partial charge on any atom is 0.319 e. The Balaban J connectivity index is 1.47. The molecule has 2 aliphatic heterocycles. The second-order valence-corrected chi connectivity index (χ2v) is 6.42. The second kappa shape index (κ2) is 8.46. The van der Waals surface area contributed by atoms with Gasteiger partial charge in [-0.1, -0.05) is 12.1 Å². The highest BCUT2D eigenvalue weighted by atomic mass is 16.5. The Bertz CT molecular complexity index is 523. The van der Waals surface area contributed by atoms with E-state index >= 15 is 0 Å². The van der Waals surface area contributed by atoms with Crippen molar-refractivity contribution in [1.29, 1.82) is 0 Å². The van der Waals surface area contributed by atoms with Crippen LogP contribution in [0.25, 0.3) is 0 Å². The predicted molar refractivity (Wildman–Crippen MR) is 93.2 cm³/mol. The Kier molecular flexibility index (Phi) is 6.07. The average molecular weight is 333 g/mol. The van der Waals surface area contributed by atoms with Crippen LogP contribution in [0.3, 0.4) is 0 Å². The third kappa shape index (κ3) is 4.69. The number of carbonyl (C=O) groups is 1. The Morgan fingerprint density at radius 1 is 1.25 bits per heavy atom. The van der Waals surface area contributed by atoms with Crippen LogP contribution in [0.4, 0.5) is 10.5 Å². The van der Waals surface area contributed by atoms with E-state index in [-0.39, 0.29) is 12.1 Å². The number of hydrogen-bond acceptors (Lipinski definition) is 4. The van der Waals surface area contributed by atoms with Gasteiger partial charge in [0, 0.05) is 38.0 Å². The number of urea groups is 1. The molecule has 6 nitrogen and oxygen atoms in total. The summed E-state index contributed by atoms with van der Waals surface area (Å²) in [5, 5.41) is 5.74. The number of morpholine rings is 1. The summed E-state index contributed by atoms with van der Waals surface area (Å²) in [4.78, 5) is 14.4. The highest BCUT2D eigenvalue weighted by molar-refractivity contribution is 5.89. The summed E-state index contributed by atoms with van der Waals surface area (Å²) in [6.45, 7) is 7.11. The number of carbonyl (C=O) groups excluding carboxylic acids is 1. The number of nitrogens with zero attached hydrogens (tertiary/aromatic N) is 1. The molecule has 2 unspecified atom stereocenters. The maximum atomic E-state index is 11.9. The first kappa shape index (κ1) is 17.2. The molecule has 0 radical (unpaired) electrons. The number of anilines is 1. The molecular formula is C18H27N3O3. The SMILES string of the molecule is CC(c1ccc(NC(=O)NCC2CCCO2)cc1)N1CCOCC1. The molecule has 2 aliphatic rings. The van der Waals surface area contributed by atoms with Crippen LogP contribution in [0.5, 0.6) is 0 Å². The molecule has 0 spiro atoms. The van der Waals surface area contributed by atoms with Gasteiger partial charge >= 0.3 is 6.03 Å². The lowest BCUT2D eigenvalue weighted by Gasteiger charge is -2.32. The van der Waals surface area contributed by atoms with Crippen LogP contribution in [0.1, 0.15) is 31.4 Å². The van der Waals surface area contributed by atoms with Gasteiger partial charge in [0.2, 0.25) is 0 Å². The molecule has 6 heteroatoms. The molecule has 24 heavy (non-hydrogen) atoms. The topological polar surface area (TPSA) is 62.8 Å². The van der Waals surface area contributed by atoms with E-state index in [1.54, 1.807) is 0 Å². The second-order valence-electron chi connectivity index (χ2n) is 6.42. The van der Waals surface area contributed by atoms with E-state index in [9.17, 15) is 4.79 Å². The fraction of sp³-hybridized carbons (Fsp3) is 0.611. The molecular weight excluding hydrogens is 306 g/mol. The van der Waals surface area contributed by atoms with Gasteiger partial charge in [0.1, 0.15) is 0 Å². The number of nitrogens with one attached hydrogen (secondary N) is 2. The molecule has 0 bridgehead atoms. The van der Waals surface area contributed by atoms with Crippen molar-refractivity contribution in [2.45, 2.75) is 31.9 Å². The molecule has 2 atom stereocenters. The zero-order chi connectivity index (χ0) is 16.8. The molecule has 2 amide bonds. The fourth-order valence-electron chi connectivity index (χ4n) is 3.21. The van der Waals surface area contributed by atoms with E-state index in [2.05, 4.69) is 34.6 Å². The van der Waals surface area contributed by atoms with Gasteiger partial charge in [-0.25, -0.2) is 4.79 Å². The Hall–Kier alpha value is -1.63. The lowest BCUT2D eigenvalue weighted by molar-refractivity contribution is 0.0198. The molecule has 2 saturated heterocycles. The van der Waals surface area contributed by atoms with Gasteiger partial charge in [-0.3, -0.25) is 4.90 Å². The zero-order valence-electron chi connectivity index (χ0n) is 14.3. The van der Waals surface area contributed by atoms with Crippen LogP contribution in [0.15, 0.2) is 24.3 Å². The van der Waals surface area contributed by atoms with Crippen molar-refractivity contribution >= 4 is 11.7 Å². The molecule has 1 aromatic carbocycles. The van der Waals surface area contributed by atoms with E-state index in [4.69, 9.17) is 9.47 Å². The van der Waals surface area contributed by atoms with Gasteiger partial charge in [0.05, 0.1) is 19.3 Å². The van der Waals surface area contributed by atoms with Crippen molar-refractivity contribution < 1.29 is 14.3 Å². The monoisotopic (exact) mass is 333 g/mol. The zero-order valence-corrected chi connectivity index (χ0v) is 14.3. The quantitative estimate of drug-likeness (QED) is 0.868. The summed E-state index contributed by atoms with van der Waals surface area (Å²) in [7, 11) is 0. The van der Waals surface area contributed by atoms with Crippen LogP contribution in [0.2, 0.25) is 0 Å². The number of rotatable bonds is 5. The molecule has 132 valence electrons. The van der Waals surface area contributed by atoms with Crippen LogP contribution in [-0.4, -0.2) is 56.5 Å². The Morgan fingerprint density at radius 3 is 2.67 bits per heavy atom. The van der Waals surface area contributed by atoms with Gasteiger partial charge in [-0.05, 0) is 37.5 Å². The normalized spacial score (nSPS) is 23.0. The summed E-state index contributed by atoms with van der Waals surface area (Å²) in [6.07, 6.45) is 2.26. The molecule has 2 heterocycles. The third-order valence-electron chi connectivity index (χ3n) is 4.76. The molecule has 1 aromatic rings. The van der Waals surface area contributed by atoms with Crippen LogP contribution >= 0.6 is 0 Å². The van der Waals surface area contributed by atoms with Crippen LogP contribution in [-0.2, 0) is 9.47 Å². The number of amides is 2. The minimum absolute atomic E-state index is 0.160. The smallest absolute Gasteiger partial charge is 0.319 e. The van der Waals surface area contributed by atoms with Crippen LogP contribution < -0.4 is 10.6 Å². The predicted octanol–water partition coefficient (Wildman–Crippen LogP) is 2.38. The standard InChI is InChI=1S/C18H27N3O3/c1-14(21-8-11-23-12-9-21)15-4-6-16(7-5-15)20-18(22)19-13-17-3-2-10-24-17/h4-7,14,17H,2-3,8-13H2,1H3,(H2,19,20,22). The Morgan fingerprint density at radius 2 is 2.00 bits per heavy atom. The lowest BCUT2D eigenvalue weighted by atomic mass is 10.1. The van der Waals surface area contributed by atoms with Crippen LogP contribution in [0, 0.1) is 0 Å². The molecule has 2 N–H and O–H groups in total. The number of benzene rings is 1. The first-order valence-corrected chi connectivity index (χ1v) is 8.80. The average Bonchev–Trinajstić information content (AvgIpc) is 3.14. The van der Waals surface area contributed by atoms with E-state index < -0.39 is 0 Å². The number of hydrogen-bond donors (Lipinski definition) is 2. The van der Waals surface area contributed by atoms with Gasteiger partial charge < -0.3 is 20.1 Å². The van der Waals surface area contributed by atoms with E-state index in [1.165, 1.54) is 5.56 Å². The fourth-order valence-corrected chi connectivity index (χ4v) is 3.21. The molecule has 0 saturated carbocycles. The van der Waals surface area contributed by atoms with E-state index in [1.807, 2.05) is 12.1 Å². The highest BCUT2D eigenvalue weighted by Crippen LogP contribution is 2.22. The maximum absolute atomic E-state index is 11.9. The van der Waals surface area contributed by atoms with Gasteiger partial charge in [-0.15, -0.1) is 0 Å². The highest BCUT2D eigenvalue weighted by Gasteiger charge is 2.19. The molecule has 3 rings (SSSR count). The van der Waals surface area contributed by atoms with Crippen molar-refractivity contribution in [2.75, 3.05) is 44.8 Å². The molecule has 2 fully saturated rings. The van der Waals surface area contributed by atoms with Crippen molar-refractivity contribution in [2.24, 2.45) is 0 Å². The van der Waals surface area contributed by atoms with E-state index in [0.29, 0.717) is 12.6 Å². The van der Waals surface area contributed by atoms with Gasteiger partial charge in [0.25, 0.3) is 0 Å². The van der Waals surface area contributed by atoms with Crippen molar-refractivity contribution in [3.63, 3.8) is 0 Å². The first-order chi connectivity index (χ1) is 11.7. The minimum atomic E-state index is -0.181. The lowest BCUT2D eigenvalue weighted by Crippen LogP contribution is -2.38. The summed E-state index contributed by atoms with van der Waals surface area (Å²) in [5.74, 6) is 0. The van der Waals surface area contributed by atoms with Crippen molar-refractivity contribution in [3.8, 4) is 0 Å². The van der Waals surface area contributed by atoms with Gasteiger partial charge in [-0.2, -0.15) is 0 Å². The van der Waals surface area contributed by atoms with Gasteiger partial charge in [0.15, 0.2) is 0 Å². The first-order valence-electron chi connectivity index (χ1n) is 8.80. The molecule has 0 aromatic heterocycles. The largest absolute Gasteiger partial charge is 0.379 e. The number of ether oxygens (including phenoxy) is 2.